The molecule has 0 aliphatic rings. The van der Waals surface area contributed by atoms with E-state index in [0.29, 0.717) is 12.8 Å². The first kappa shape index (κ1) is 58.2. The van der Waals surface area contributed by atoms with Gasteiger partial charge in [-0.25, -0.2) is 4.57 Å². The van der Waals surface area contributed by atoms with Crippen LogP contribution in [0.25, 0.3) is 0 Å². The highest BCUT2D eigenvalue weighted by Gasteiger charge is 2.28. The second-order valence-electron chi connectivity index (χ2n) is 15.9. The molecule has 0 aromatic carbocycles. The van der Waals surface area contributed by atoms with E-state index < -0.39 is 51.1 Å². The minimum atomic E-state index is -4.73. The van der Waals surface area contributed by atoms with Gasteiger partial charge in [-0.3, -0.25) is 23.4 Å². The minimum absolute atomic E-state index is 0.121. The Hall–Kier alpha value is -2.82. The highest BCUT2D eigenvalue weighted by atomic mass is 31.2. The number of carboxylic acids is 1. The van der Waals surface area contributed by atoms with Crippen molar-refractivity contribution in [3.63, 3.8) is 0 Å². The topological polar surface area (TPSA) is 172 Å². The Kier molecular flexibility index (Phi) is 41.8. The maximum Gasteiger partial charge on any atom is 0.472 e. The van der Waals surface area contributed by atoms with Crippen molar-refractivity contribution < 1.29 is 47.5 Å². The summed E-state index contributed by atoms with van der Waals surface area (Å²) in [5, 5.41) is 8.91. The van der Waals surface area contributed by atoms with Crippen molar-refractivity contribution in [3.05, 3.63) is 60.8 Å². The number of phosphoric ester groups is 1. The summed E-state index contributed by atoms with van der Waals surface area (Å²) in [6, 6.07) is -1.53. The Balaban J connectivity index is 4.36. The third-order valence-corrected chi connectivity index (χ3v) is 11.0. The van der Waals surface area contributed by atoms with E-state index in [1.807, 2.05) is 0 Å². The van der Waals surface area contributed by atoms with Crippen molar-refractivity contribution in [1.82, 2.24) is 0 Å². The number of carbonyl (C=O) groups is 3. The van der Waals surface area contributed by atoms with Gasteiger partial charge in [-0.05, 0) is 57.8 Å². The zero-order valence-electron chi connectivity index (χ0n) is 38.2. The molecule has 11 nitrogen and oxygen atoms in total. The van der Waals surface area contributed by atoms with Crippen molar-refractivity contribution in [3.8, 4) is 0 Å². The van der Waals surface area contributed by atoms with Gasteiger partial charge < -0.3 is 25.2 Å². The van der Waals surface area contributed by atoms with Crippen LogP contribution in [0.1, 0.15) is 200 Å². The lowest BCUT2D eigenvalue weighted by molar-refractivity contribution is -0.161. The fourth-order valence-electron chi connectivity index (χ4n) is 6.33. The number of unbranched alkanes of at least 4 members (excludes halogenated alkanes) is 20. The standard InChI is InChI=1S/C49H86NO10P/c1-3-5-7-9-11-13-15-17-19-21-23-25-27-29-31-33-35-37-39-41-48(52)60-45(43-58-61(55,56)59-44-46(50)49(53)54)42-57-47(51)40-38-36-34-32-30-28-26-24-22-20-18-16-14-12-10-8-6-4-2/h5,7,11,13,17,19,23,25,29,31,45-46H,3-4,6,8-10,12,14-16,18,20-22,24,26-28,30,32-44,50H2,1-2H3,(H,53,54)(H,55,56)/b7-5+,13-11+,19-17+,25-23+,31-29+/t45-,46+/m1/s1. The molecule has 3 atom stereocenters. The summed E-state index contributed by atoms with van der Waals surface area (Å²) in [6.07, 6.45) is 51.4. The lowest BCUT2D eigenvalue weighted by atomic mass is 10.0. The van der Waals surface area contributed by atoms with E-state index in [1.54, 1.807) is 0 Å². The van der Waals surface area contributed by atoms with Gasteiger partial charge in [0.15, 0.2) is 6.10 Å². The number of nitrogens with two attached hydrogens (primary N) is 1. The molecule has 0 saturated carbocycles. The van der Waals surface area contributed by atoms with E-state index in [4.69, 9.17) is 24.8 Å². The zero-order chi connectivity index (χ0) is 44.9. The van der Waals surface area contributed by atoms with Crippen LogP contribution >= 0.6 is 7.82 Å². The molecule has 0 aliphatic carbocycles. The molecular formula is C49H86NO10P. The molecule has 0 radical (unpaired) electrons. The summed E-state index contributed by atoms with van der Waals surface area (Å²) in [5.41, 5.74) is 5.34. The van der Waals surface area contributed by atoms with Crippen molar-refractivity contribution in [2.75, 3.05) is 19.8 Å². The number of allylic oxidation sites excluding steroid dienone is 10. The number of aliphatic carboxylic acids is 1. The molecule has 0 aromatic rings. The molecule has 0 heterocycles. The molecule has 0 aliphatic heterocycles. The van der Waals surface area contributed by atoms with Crippen LogP contribution in [0.3, 0.4) is 0 Å². The molecule has 0 saturated heterocycles. The first-order valence-electron chi connectivity index (χ1n) is 23.8. The number of phosphoric acid groups is 1. The summed E-state index contributed by atoms with van der Waals surface area (Å²) in [7, 11) is -4.73. The number of hydrogen-bond donors (Lipinski definition) is 3. The first-order valence-corrected chi connectivity index (χ1v) is 25.3. The maximum atomic E-state index is 12.7. The molecule has 0 spiro atoms. The lowest BCUT2D eigenvalue weighted by Gasteiger charge is -2.20. The summed E-state index contributed by atoms with van der Waals surface area (Å²) in [5.74, 6) is -2.42. The normalized spacial score (nSPS) is 14.2. The van der Waals surface area contributed by atoms with E-state index in [0.717, 1.165) is 70.6 Å². The fraction of sp³-hybridized carbons (Fsp3) is 0.735. The molecule has 0 aromatic heterocycles. The predicted molar refractivity (Wildman–Crippen MR) is 249 cm³/mol. The third-order valence-electron chi connectivity index (χ3n) is 10.0. The second kappa shape index (κ2) is 43.8. The van der Waals surface area contributed by atoms with Crippen molar-refractivity contribution >= 4 is 25.7 Å². The van der Waals surface area contributed by atoms with Crippen molar-refractivity contribution in [1.29, 1.82) is 0 Å². The van der Waals surface area contributed by atoms with E-state index in [9.17, 15) is 23.8 Å². The van der Waals surface area contributed by atoms with Crippen LogP contribution in [0.15, 0.2) is 60.8 Å². The molecule has 0 fully saturated rings. The quantitative estimate of drug-likeness (QED) is 0.0230. The Morgan fingerprint density at radius 1 is 0.525 bits per heavy atom. The number of rotatable bonds is 44. The fourth-order valence-corrected chi connectivity index (χ4v) is 7.11. The van der Waals surface area contributed by atoms with E-state index >= 15 is 0 Å². The Morgan fingerprint density at radius 3 is 1.38 bits per heavy atom. The molecule has 1 unspecified atom stereocenters. The van der Waals surface area contributed by atoms with E-state index in [2.05, 4.69) is 79.1 Å². The summed E-state index contributed by atoms with van der Waals surface area (Å²) in [6.45, 7) is 2.67. The molecule has 352 valence electrons. The highest BCUT2D eigenvalue weighted by Crippen LogP contribution is 2.43. The second-order valence-corrected chi connectivity index (χ2v) is 17.3. The molecule has 0 bridgehead atoms. The van der Waals surface area contributed by atoms with Crippen LogP contribution in [0.4, 0.5) is 0 Å². The smallest absolute Gasteiger partial charge is 0.472 e. The largest absolute Gasteiger partial charge is 0.480 e. The highest BCUT2D eigenvalue weighted by molar-refractivity contribution is 7.47. The number of hydrogen-bond acceptors (Lipinski definition) is 9. The summed E-state index contributed by atoms with van der Waals surface area (Å²) < 4.78 is 32.8. The number of esters is 2. The monoisotopic (exact) mass is 880 g/mol. The molecule has 0 amide bonds. The van der Waals surface area contributed by atoms with Gasteiger partial charge in [0.05, 0.1) is 13.2 Å². The molecule has 4 N–H and O–H groups in total. The van der Waals surface area contributed by atoms with Gasteiger partial charge in [0, 0.05) is 12.8 Å². The summed E-state index contributed by atoms with van der Waals surface area (Å²) >= 11 is 0. The van der Waals surface area contributed by atoms with Crippen LogP contribution in [0, 0.1) is 0 Å². The Morgan fingerprint density at radius 2 is 0.918 bits per heavy atom. The molecule has 0 rings (SSSR count). The van der Waals surface area contributed by atoms with Crippen LogP contribution in [0.2, 0.25) is 0 Å². The third kappa shape index (κ3) is 43.6. The average molecular weight is 880 g/mol. The molecular weight excluding hydrogens is 794 g/mol. The van der Waals surface area contributed by atoms with Crippen LogP contribution < -0.4 is 5.73 Å². The van der Waals surface area contributed by atoms with Gasteiger partial charge in [-0.1, -0.05) is 190 Å². The van der Waals surface area contributed by atoms with Gasteiger partial charge >= 0.3 is 25.7 Å². The summed E-state index contributed by atoms with van der Waals surface area (Å²) in [4.78, 5) is 46.1. The SMILES string of the molecule is CC/C=C/C/C=C/C/C=C/C/C=C/C/C=C/CCCCCC(=O)O[C@H](COC(=O)CCCCCCCCCCCCCCCCCCCC)COP(=O)(O)OC[C@H](N)C(=O)O. The predicted octanol–water partition coefficient (Wildman–Crippen LogP) is 13.1. The molecule has 12 heteroatoms. The zero-order valence-corrected chi connectivity index (χ0v) is 39.1. The molecule has 61 heavy (non-hydrogen) atoms. The van der Waals surface area contributed by atoms with Crippen LogP contribution in [-0.4, -0.2) is 59.9 Å². The van der Waals surface area contributed by atoms with E-state index in [-0.39, 0.29) is 19.4 Å². The maximum absolute atomic E-state index is 12.7. The number of carboxylic acid groups (broad SMARTS) is 1. The van der Waals surface area contributed by atoms with Gasteiger partial charge in [-0.2, -0.15) is 0 Å². The average Bonchev–Trinajstić information content (AvgIpc) is 3.24. The number of carbonyl (C=O) groups excluding carboxylic acids is 2. The van der Waals surface area contributed by atoms with Crippen LogP contribution in [0.5, 0.6) is 0 Å². The van der Waals surface area contributed by atoms with Gasteiger partial charge in [0.2, 0.25) is 0 Å². The number of ether oxygens (including phenoxy) is 2. The van der Waals surface area contributed by atoms with Crippen LogP contribution in [-0.2, 0) is 37.5 Å². The lowest BCUT2D eigenvalue weighted by Crippen LogP contribution is -2.34. The van der Waals surface area contributed by atoms with Gasteiger partial charge in [0.25, 0.3) is 0 Å². The van der Waals surface area contributed by atoms with Crippen molar-refractivity contribution in [2.45, 2.75) is 212 Å². The Labute approximate surface area is 370 Å². The van der Waals surface area contributed by atoms with Gasteiger partial charge in [0.1, 0.15) is 12.6 Å². The Bertz CT molecular complexity index is 1260. The minimum Gasteiger partial charge on any atom is -0.480 e. The van der Waals surface area contributed by atoms with E-state index in [1.165, 1.54) is 89.9 Å². The first-order chi connectivity index (χ1) is 29.6. The van der Waals surface area contributed by atoms with Gasteiger partial charge in [-0.15, -0.1) is 0 Å². The van der Waals surface area contributed by atoms with Crippen molar-refractivity contribution in [2.24, 2.45) is 5.73 Å².